The van der Waals surface area contributed by atoms with Crippen molar-refractivity contribution in [1.82, 2.24) is 5.32 Å². The fourth-order valence-corrected chi connectivity index (χ4v) is 2.76. The Morgan fingerprint density at radius 3 is 2.70 bits per heavy atom. The maximum atomic E-state index is 12.6. The molecule has 1 aromatic carbocycles. The van der Waals surface area contributed by atoms with Crippen LogP contribution in [-0.4, -0.2) is 42.8 Å². The Kier molecular flexibility index (Phi) is 6.55. The number of aliphatic carboxylic acids is 1. The molecule has 0 aliphatic carbocycles. The molecular weight excluding hydrogens is 298 g/mol. The fraction of sp³-hybridized carbons (Fsp3) is 0.529. The van der Waals surface area contributed by atoms with Crippen LogP contribution in [0.15, 0.2) is 30.3 Å². The number of nitrogens with one attached hydrogen (secondary N) is 1. The number of ether oxygens (including phenoxy) is 2. The lowest BCUT2D eigenvalue weighted by Crippen LogP contribution is -2.50. The number of carboxylic acid groups (broad SMARTS) is 1. The molecule has 1 aliphatic heterocycles. The summed E-state index contributed by atoms with van der Waals surface area (Å²) < 4.78 is 10.9. The van der Waals surface area contributed by atoms with Crippen LogP contribution in [0, 0.1) is 5.92 Å². The summed E-state index contributed by atoms with van der Waals surface area (Å²) in [4.78, 5) is 24.1. The molecule has 2 rings (SSSR count). The van der Waals surface area contributed by atoms with Crippen LogP contribution in [0.5, 0.6) is 0 Å². The van der Waals surface area contributed by atoms with Gasteiger partial charge in [0.25, 0.3) is 5.91 Å². The predicted octanol–water partition coefficient (Wildman–Crippen LogP) is 1.76. The summed E-state index contributed by atoms with van der Waals surface area (Å²) in [6.45, 7) is 3.15. The zero-order valence-electron chi connectivity index (χ0n) is 13.2. The predicted molar refractivity (Wildman–Crippen MR) is 83.9 cm³/mol. The highest BCUT2D eigenvalue weighted by Gasteiger charge is 2.33. The van der Waals surface area contributed by atoms with Gasteiger partial charge in [0.15, 0.2) is 6.10 Å². The van der Waals surface area contributed by atoms with Crippen LogP contribution in [0.3, 0.4) is 0 Å². The van der Waals surface area contributed by atoms with Crippen molar-refractivity contribution >= 4 is 11.9 Å². The SMILES string of the molecule is CCOC(C(=O)NC(C(=O)O)C1CCCOC1)c1ccccc1. The lowest BCUT2D eigenvalue weighted by molar-refractivity contribution is -0.147. The first kappa shape index (κ1) is 17.4. The summed E-state index contributed by atoms with van der Waals surface area (Å²) >= 11 is 0. The van der Waals surface area contributed by atoms with Crippen molar-refractivity contribution in [3.05, 3.63) is 35.9 Å². The van der Waals surface area contributed by atoms with E-state index >= 15 is 0 Å². The number of amides is 1. The number of hydrogen-bond donors (Lipinski definition) is 2. The van der Waals surface area contributed by atoms with E-state index in [1.54, 1.807) is 19.1 Å². The first-order valence-electron chi connectivity index (χ1n) is 7.91. The summed E-state index contributed by atoms with van der Waals surface area (Å²) in [5.41, 5.74) is 0.705. The maximum absolute atomic E-state index is 12.6. The average Bonchev–Trinajstić information content (AvgIpc) is 2.58. The van der Waals surface area contributed by atoms with Crippen LogP contribution in [-0.2, 0) is 19.1 Å². The highest BCUT2D eigenvalue weighted by Crippen LogP contribution is 2.21. The first-order chi connectivity index (χ1) is 11.1. The van der Waals surface area contributed by atoms with Gasteiger partial charge >= 0.3 is 5.97 Å². The van der Waals surface area contributed by atoms with E-state index in [1.807, 2.05) is 18.2 Å². The number of rotatable bonds is 7. The molecule has 6 nitrogen and oxygen atoms in total. The molecule has 126 valence electrons. The van der Waals surface area contributed by atoms with Gasteiger partial charge in [-0.3, -0.25) is 4.79 Å². The highest BCUT2D eigenvalue weighted by molar-refractivity contribution is 5.87. The van der Waals surface area contributed by atoms with Gasteiger partial charge in [0, 0.05) is 19.1 Å². The van der Waals surface area contributed by atoms with E-state index in [2.05, 4.69) is 5.32 Å². The number of carboxylic acids is 1. The van der Waals surface area contributed by atoms with E-state index in [0.717, 1.165) is 12.8 Å². The Bertz CT molecular complexity index is 513. The van der Waals surface area contributed by atoms with Gasteiger partial charge in [-0.15, -0.1) is 0 Å². The van der Waals surface area contributed by atoms with E-state index in [4.69, 9.17) is 9.47 Å². The van der Waals surface area contributed by atoms with Gasteiger partial charge in [-0.25, -0.2) is 4.79 Å². The van der Waals surface area contributed by atoms with Crippen LogP contribution in [0.2, 0.25) is 0 Å². The summed E-state index contributed by atoms with van der Waals surface area (Å²) in [6.07, 6.45) is 0.715. The van der Waals surface area contributed by atoms with Gasteiger partial charge in [0.05, 0.1) is 6.61 Å². The molecule has 1 aromatic rings. The molecule has 0 radical (unpaired) electrons. The minimum absolute atomic E-state index is 0.219. The molecule has 2 N–H and O–H groups in total. The number of carbonyl (C=O) groups excluding carboxylic acids is 1. The van der Waals surface area contributed by atoms with Crippen molar-refractivity contribution < 1.29 is 24.2 Å². The molecule has 6 heteroatoms. The lowest BCUT2D eigenvalue weighted by atomic mass is 9.93. The van der Waals surface area contributed by atoms with Crippen molar-refractivity contribution in [3.63, 3.8) is 0 Å². The van der Waals surface area contributed by atoms with Crippen LogP contribution in [0.4, 0.5) is 0 Å². The Labute approximate surface area is 135 Å². The standard InChI is InChI=1S/C17H23NO5/c1-2-23-15(12-7-4-3-5-8-12)16(19)18-14(17(20)21)13-9-6-10-22-11-13/h3-5,7-8,13-15H,2,6,9-11H2,1H3,(H,18,19)(H,20,21). The Balaban J connectivity index is 2.10. The molecule has 1 heterocycles. The van der Waals surface area contributed by atoms with Crippen molar-refractivity contribution in [2.24, 2.45) is 5.92 Å². The summed E-state index contributed by atoms with van der Waals surface area (Å²) in [7, 11) is 0. The Morgan fingerprint density at radius 1 is 1.39 bits per heavy atom. The average molecular weight is 321 g/mol. The van der Waals surface area contributed by atoms with Crippen molar-refractivity contribution in [2.75, 3.05) is 19.8 Å². The van der Waals surface area contributed by atoms with E-state index in [9.17, 15) is 14.7 Å². The molecule has 3 unspecified atom stereocenters. The monoisotopic (exact) mass is 321 g/mol. The molecule has 0 saturated carbocycles. The smallest absolute Gasteiger partial charge is 0.326 e. The van der Waals surface area contributed by atoms with Crippen molar-refractivity contribution in [2.45, 2.75) is 31.9 Å². The number of benzene rings is 1. The minimum Gasteiger partial charge on any atom is -0.480 e. The summed E-state index contributed by atoms with van der Waals surface area (Å²) in [6, 6.07) is 8.11. The maximum Gasteiger partial charge on any atom is 0.326 e. The molecular formula is C17H23NO5. The van der Waals surface area contributed by atoms with Gasteiger partial charge in [0.1, 0.15) is 6.04 Å². The Hall–Kier alpha value is -1.92. The normalized spacial score (nSPS) is 20.5. The largest absolute Gasteiger partial charge is 0.480 e. The molecule has 1 aliphatic rings. The topological polar surface area (TPSA) is 84.9 Å². The van der Waals surface area contributed by atoms with Gasteiger partial charge in [-0.2, -0.15) is 0 Å². The van der Waals surface area contributed by atoms with Crippen LogP contribution in [0.25, 0.3) is 0 Å². The van der Waals surface area contributed by atoms with Gasteiger partial charge < -0.3 is 19.9 Å². The van der Waals surface area contributed by atoms with Crippen LogP contribution in [0.1, 0.15) is 31.4 Å². The molecule has 0 aromatic heterocycles. The minimum atomic E-state index is -1.04. The third-order valence-electron chi connectivity index (χ3n) is 3.90. The molecule has 1 saturated heterocycles. The lowest BCUT2D eigenvalue weighted by Gasteiger charge is -2.29. The van der Waals surface area contributed by atoms with Crippen molar-refractivity contribution in [1.29, 1.82) is 0 Å². The van der Waals surface area contributed by atoms with Gasteiger partial charge in [-0.1, -0.05) is 30.3 Å². The van der Waals surface area contributed by atoms with Crippen LogP contribution >= 0.6 is 0 Å². The molecule has 1 amide bonds. The van der Waals surface area contributed by atoms with E-state index in [0.29, 0.717) is 25.4 Å². The fourth-order valence-electron chi connectivity index (χ4n) is 2.76. The van der Waals surface area contributed by atoms with Gasteiger partial charge in [-0.05, 0) is 25.3 Å². The molecule has 3 atom stereocenters. The zero-order valence-corrected chi connectivity index (χ0v) is 13.2. The quantitative estimate of drug-likeness (QED) is 0.799. The number of carbonyl (C=O) groups is 2. The second-order valence-corrected chi connectivity index (χ2v) is 5.55. The molecule has 23 heavy (non-hydrogen) atoms. The third-order valence-corrected chi connectivity index (χ3v) is 3.90. The Morgan fingerprint density at radius 2 is 2.13 bits per heavy atom. The van der Waals surface area contributed by atoms with E-state index in [-0.39, 0.29) is 5.92 Å². The van der Waals surface area contributed by atoms with Crippen molar-refractivity contribution in [3.8, 4) is 0 Å². The second-order valence-electron chi connectivity index (χ2n) is 5.55. The summed E-state index contributed by atoms with van der Waals surface area (Å²) in [5.74, 6) is -1.70. The number of hydrogen-bond acceptors (Lipinski definition) is 4. The zero-order chi connectivity index (χ0) is 16.7. The van der Waals surface area contributed by atoms with Crippen LogP contribution < -0.4 is 5.32 Å². The first-order valence-corrected chi connectivity index (χ1v) is 7.91. The third kappa shape index (κ3) is 4.77. The second kappa shape index (κ2) is 8.64. The van der Waals surface area contributed by atoms with E-state index < -0.39 is 24.0 Å². The van der Waals surface area contributed by atoms with Gasteiger partial charge in [0.2, 0.25) is 0 Å². The van der Waals surface area contributed by atoms with E-state index in [1.165, 1.54) is 0 Å². The highest BCUT2D eigenvalue weighted by atomic mass is 16.5. The molecule has 1 fully saturated rings. The molecule has 0 bridgehead atoms. The molecule has 0 spiro atoms. The summed E-state index contributed by atoms with van der Waals surface area (Å²) in [5, 5.41) is 12.1.